The van der Waals surface area contributed by atoms with E-state index in [0.29, 0.717) is 6.04 Å². The van der Waals surface area contributed by atoms with Crippen molar-refractivity contribution >= 4 is 0 Å². The first-order chi connectivity index (χ1) is 10.6. The Labute approximate surface area is 134 Å². The third-order valence-electron chi connectivity index (χ3n) is 5.46. The Kier molecular flexibility index (Phi) is 5.17. The van der Waals surface area contributed by atoms with Crippen LogP contribution in [0.1, 0.15) is 44.6 Å². The first-order valence-electron chi connectivity index (χ1n) is 8.87. The maximum Gasteiger partial charge on any atom is 0.0660 e. The van der Waals surface area contributed by atoms with E-state index in [1.54, 1.807) is 0 Å². The Morgan fingerprint density at radius 3 is 2.59 bits per heavy atom. The van der Waals surface area contributed by atoms with E-state index >= 15 is 0 Å². The molecule has 1 aromatic carbocycles. The molecule has 0 amide bonds. The summed E-state index contributed by atoms with van der Waals surface area (Å²) in [5.41, 5.74) is 1.07. The van der Waals surface area contributed by atoms with Crippen LogP contribution >= 0.6 is 0 Å². The second kappa shape index (κ2) is 7.12. The smallest absolute Gasteiger partial charge is 0.0660 e. The second-order valence-electron chi connectivity index (χ2n) is 7.29. The standard InChI is InChI=1S/C19H30N2O/c1-17-15-20(16-18-7-3-2-4-8-18)12-6-13-21(17)14-11-19(22)9-5-10-19/h2-4,7-8,17,22H,5-6,9-16H2,1H3. The quantitative estimate of drug-likeness (QED) is 0.906. The molecule has 1 aliphatic carbocycles. The molecule has 122 valence electrons. The van der Waals surface area contributed by atoms with E-state index in [2.05, 4.69) is 47.1 Å². The van der Waals surface area contributed by atoms with Crippen LogP contribution in [0.2, 0.25) is 0 Å². The highest BCUT2D eigenvalue weighted by Crippen LogP contribution is 2.34. The minimum atomic E-state index is -0.338. The number of rotatable bonds is 5. The van der Waals surface area contributed by atoms with Crippen LogP contribution in [-0.4, -0.2) is 52.7 Å². The molecule has 1 aromatic rings. The molecular weight excluding hydrogens is 272 g/mol. The van der Waals surface area contributed by atoms with Crippen molar-refractivity contribution in [2.75, 3.05) is 26.2 Å². The van der Waals surface area contributed by atoms with Crippen molar-refractivity contribution in [3.05, 3.63) is 35.9 Å². The Bertz CT molecular complexity index is 458. The second-order valence-corrected chi connectivity index (χ2v) is 7.29. The van der Waals surface area contributed by atoms with Crippen LogP contribution in [0.5, 0.6) is 0 Å². The summed E-state index contributed by atoms with van der Waals surface area (Å²) < 4.78 is 0. The molecule has 3 nitrogen and oxygen atoms in total. The molecule has 1 heterocycles. The van der Waals surface area contributed by atoms with Crippen LogP contribution in [0, 0.1) is 0 Å². The molecule has 0 aromatic heterocycles. The predicted octanol–water partition coefficient (Wildman–Crippen LogP) is 2.89. The maximum absolute atomic E-state index is 10.3. The van der Waals surface area contributed by atoms with Crippen molar-refractivity contribution < 1.29 is 5.11 Å². The van der Waals surface area contributed by atoms with Crippen molar-refractivity contribution in [3.63, 3.8) is 0 Å². The van der Waals surface area contributed by atoms with Crippen LogP contribution in [-0.2, 0) is 6.54 Å². The molecule has 1 aliphatic heterocycles. The lowest BCUT2D eigenvalue weighted by Gasteiger charge is -2.39. The third-order valence-corrected chi connectivity index (χ3v) is 5.46. The van der Waals surface area contributed by atoms with E-state index in [0.717, 1.165) is 38.9 Å². The number of aliphatic hydroxyl groups is 1. The number of benzene rings is 1. The van der Waals surface area contributed by atoms with Gasteiger partial charge in [0.2, 0.25) is 0 Å². The lowest BCUT2D eigenvalue weighted by Crippen LogP contribution is -2.44. The van der Waals surface area contributed by atoms with Crippen LogP contribution in [0.15, 0.2) is 30.3 Å². The molecule has 1 saturated carbocycles. The first kappa shape index (κ1) is 16.0. The summed E-state index contributed by atoms with van der Waals surface area (Å²) in [7, 11) is 0. The largest absolute Gasteiger partial charge is 0.390 e. The molecule has 1 N–H and O–H groups in total. The van der Waals surface area contributed by atoms with E-state index in [-0.39, 0.29) is 5.60 Å². The van der Waals surface area contributed by atoms with Crippen LogP contribution < -0.4 is 0 Å². The molecular formula is C19H30N2O. The minimum absolute atomic E-state index is 0.338. The van der Waals surface area contributed by atoms with Crippen LogP contribution in [0.25, 0.3) is 0 Å². The third kappa shape index (κ3) is 4.09. The van der Waals surface area contributed by atoms with E-state index in [9.17, 15) is 5.11 Å². The zero-order valence-electron chi connectivity index (χ0n) is 13.9. The lowest BCUT2D eigenvalue weighted by atomic mass is 9.78. The van der Waals surface area contributed by atoms with Gasteiger partial charge in [0, 0.05) is 25.7 Å². The van der Waals surface area contributed by atoms with Gasteiger partial charge in [0.25, 0.3) is 0 Å². The van der Waals surface area contributed by atoms with Crippen LogP contribution in [0.4, 0.5) is 0 Å². The molecule has 0 radical (unpaired) electrons. The van der Waals surface area contributed by atoms with E-state index < -0.39 is 0 Å². The van der Waals surface area contributed by atoms with Gasteiger partial charge in [-0.2, -0.15) is 0 Å². The molecule has 3 heteroatoms. The van der Waals surface area contributed by atoms with Gasteiger partial charge >= 0.3 is 0 Å². The number of hydrogen-bond donors (Lipinski definition) is 1. The van der Waals surface area contributed by atoms with E-state index in [1.165, 1.54) is 31.5 Å². The Hall–Kier alpha value is -0.900. The fraction of sp³-hybridized carbons (Fsp3) is 0.684. The molecule has 22 heavy (non-hydrogen) atoms. The van der Waals surface area contributed by atoms with Crippen molar-refractivity contribution in [3.8, 4) is 0 Å². The zero-order valence-corrected chi connectivity index (χ0v) is 13.9. The monoisotopic (exact) mass is 302 g/mol. The summed E-state index contributed by atoms with van der Waals surface area (Å²) in [6.07, 6.45) is 5.41. The Morgan fingerprint density at radius 1 is 1.14 bits per heavy atom. The van der Waals surface area contributed by atoms with Gasteiger partial charge in [-0.25, -0.2) is 0 Å². The van der Waals surface area contributed by atoms with Crippen molar-refractivity contribution in [1.82, 2.24) is 9.80 Å². The van der Waals surface area contributed by atoms with E-state index in [1.807, 2.05) is 0 Å². The minimum Gasteiger partial charge on any atom is -0.390 e. The average Bonchev–Trinajstić information content (AvgIpc) is 2.66. The molecule has 1 unspecified atom stereocenters. The van der Waals surface area contributed by atoms with Gasteiger partial charge in [-0.3, -0.25) is 9.80 Å². The summed E-state index contributed by atoms with van der Waals surface area (Å²) in [4.78, 5) is 5.17. The normalized spacial score (nSPS) is 26.4. The Balaban J connectivity index is 1.50. The highest BCUT2D eigenvalue weighted by molar-refractivity contribution is 5.14. The fourth-order valence-electron chi connectivity index (χ4n) is 3.80. The molecule has 2 fully saturated rings. The van der Waals surface area contributed by atoms with E-state index in [4.69, 9.17) is 0 Å². The molecule has 3 rings (SSSR count). The summed E-state index contributed by atoms with van der Waals surface area (Å²) in [6.45, 7) is 7.93. The molecule has 0 spiro atoms. The number of nitrogens with zero attached hydrogens (tertiary/aromatic N) is 2. The van der Waals surface area contributed by atoms with Gasteiger partial charge in [-0.05, 0) is 57.7 Å². The zero-order chi connectivity index (χ0) is 15.4. The van der Waals surface area contributed by atoms with Crippen molar-refractivity contribution in [2.45, 2.75) is 57.2 Å². The summed E-state index contributed by atoms with van der Waals surface area (Å²) in [5, 5.41) is 10.3. The maximum atomic E-state index is 10.3. The van der Waals surface area contributed by atoms with Gasteiger partial charge < -0.3 is 5.11 Å². The van der Waals surface area contributed by atoms with Gasteiger partial charge in [-0.15, -0.1) is 0 Å². The Morgan fingerprint density at radius 2 is 1.91 bits per heavy atom. The van der Waals surface area contributed by atoms with Crippen molar-refractivity contribution in [2.24, 2.45) is 0 Å². The van der Waals surface area contributed by atoms with Gasteiger partial charge in [0.05, 0.1) is 5.60 Å². The van der Waals surface area contributed by atoms with Gasteiger partial charge in [0.15, 0.2) is 0 Å². The summed E-state index contributed by atoms with van der Waals surface area (Å²) >= 11 is 0. The summed E-state index contributed by atoms with van der Waals surface area (Å²) in [6, 6.07) is 11.4. The first-order valence-corrected chi connectivity index (χ1v) is 8.87. The SMILES string of the molecule is CC1CN(Cc2ccccc2)CCCN1CCC1(O)CCC1. The molecule has 2 aliphatic rings. The molecule has 0 bridgehead atoms. The fourth-order valence-corrected chi connectivity index (χ4v) is 3.80. The highest BCUT2D eigenvalue weighted by atomic mass is 16.3. The average molecular weight is 302 g/mol. The summed E-state index contributed by atoms with van der Waals surface area (Å²) in [5.74, 6) is 0. The molecule has 1 atom stereocenters. The van der Waals surface area contributed by atoms with Crippen molar-refractivity contribution in [1.29, 1.82) is 0 Å². The van der Waals surface area contributed by atoms with Gasteiger partial charge in [0.1, 0.15) is 0 Å². The lowest BCUT2D eigenvalue weighted by molar-refractivity contribution is -0.0481. The highest BCUT2D eigenvalue weighted by Gasteiger charge is 2.35. The van der Waals surface area contributed by atoms with Crippen LogP contribution in [0.3, 0.4) is 0 Å². The number of hydrogen-bond acceptors (Lipinski definition) is 3. The molecule has 1 saturated heterocycles. The topological polar surface area (TPSA) is 26.7 Å². The predicted molar refractivity (Wildman–Crippen MR) is 90.8 cm³/mol. The van der Waals surface area contributed by atoms with Gasteiger partial charge in [-0.1, -0.05) is 30.3 Å².